The zero-order valence-corrected chi connectivity index (χ0v) is 19.6. The first-order valence-corrected chi connectivity index (χ1v) is 13.9. The number of benzene rings is 1. The largest absolute Gasteiger partial charge is 0.507 e. The number of phenols is 3. The van der Waals surface area contributed by atoms with Gasteiger partial charge in [-0.1, -0.05) is 0 Å². The second-order valence-electron chi connectivity index (χ2n) is 7.03. The number of alkyl halides is 9. The average Bonchev–Trinajstić information content (AvgIpc) is 2.64. The minimum Gasteiger partial charge on any atom is -0.507 e. The lowest BCUT2D eigenvalue weighted by atomic mass is 9.96. The highest BCUT2D eigenvalue weighted by Crippen LogP contribution is 2.44. The van der Waals surface area contributed by atoms with Gasteiger partial charge in [0.2, 0.25) is 29.5 Å². The van der Waals surface area contributed by atoms with Crippen LogP contribution in [-0.2, 0) is 48.8 Å². The smallest absolute Gasteiger partial charge is 0.497 e. The quantitative estimate of drug-likeness (QED) is 0.358. The Hall–Kier alpha value is -2.16. The molecule has 0 atom stereocenters. The molecule has 21 heteroatoms. The summed E-state index contributed by atoms with van der Waals surface area (Å²) >= 11 is 0. The van der Waals surface area contributed by atoms with Crippen LogP contribution in [0.3, 0.4) is 0 Å². The Morgan fingerprint density at radius 2 is 0.611 bits per heavy atom. The summed E-state index contributed by atoms with van der Waals surface area (Å²) in [6.07, 6.45) is -4.42. The van der Waals surface area contributed by atoms with Crippen molar-refractivity contribution in [3.05, 3.63) is 16.7 Å². The fourth-order valence-corrected chi connectivity index (χ4v) is 4.76. The molecule has 0 aromatic heterocycles. The molecular formula is C15H15F9O9S3. The molecular weight excluding hydrogens is 591 g/mol. The van der Waals surface area contributed by atoms with Gasteiger partial charge in [0.1, 0.15) is 17.2 Å². The normalized spacial score (nSPS) is 14.2. The summed E-state index contributed by atoms with van der Waals surface area (Å²) in [5.41, 5.74) is -21.2. The van der Waals surface area contributed by atoms with Crippen molar-refractivity contribution in [2.45, 2.75) is 35.8 Å². The molecule has 0 aliphatic rings. The lowest BCUT2D eigenvalue weighted by Gasteiger charge is -2.19. The first-order chi connectivity index (χ1) is 15.8. The molecule has 1 aromatic rings. The van der Waals surface area contributed by atoms with Crippen molar-refractivity contribution in [1.29, 1.82) is 0 Å². The Kier molecular flexibility index (Phi) is 8.81. The number of sulfone groups is 3. The van der Waals surface area contributed by atoms with Gasteiger partial charge >= 0.3 is 16.5 Å². The van der Waals surface area contributed by atoms with E-state index in [1.54, 1.807) is 0 Å². The molecule has 0 bridgehead atoms. The Morgan fingerprint density at radius 3 is 0.750 bits per heavy atom. The minimum absolute atomic E-state index is 1.24. The van der Waals surface area contributed by atoms with Crippen molar-refractivity contribution in [3.8, 4) is 17.2 Å². The number of phenolic OH excluding ortho intramolecular Hbond substituents is 3. The first kappa shape index (κ1) is 31.9. The molecule has 3 N–H and O–H groups in total. The fraction of sp³-hybridized carbons (Fsp3) is 0.600. The Balaban J connectivity index is 3.65. The van der Waals surface area contributed by atoms with Crippen LogP contribution < -0.4 is 0 Å². The van der Waals surface area contributed by atoms with Crippen molar-refractivity contribution < 1.29 is 80.1 Å². The van der Waals surface area contributed by atoms with E-state index in [0.717, 1.165) is 0 Å². The average molecular weight is 606 g/mol. The van der Waals surface area contributed by atoms with Crippen LogP contribution >= 0.6 is 0 Å². The van der Waals surface area contributed by atoms with Gasteiger partial charge in [0, 0.05) is 16.7 Å². The van der Waals surface area contributed by atoms with E-state index in [-0.39, 0.29) is 0 Å². The summed E-state index contributed by atoms with van der Waals surface area (Å²) in [7, 11) is -17.8. The predicted octanol–water partition coefficient (Wildman–Crippen LogP) is 2.23. The number of hydrogen-bond donors (Lipinski definition) is 3. The molecule has 210 valence electrons. The predicted molar refractivity (Wildman–Crippen MR) is 102 cm³/mol. The third-order valence-electron chi connectivity index (χ3n) is 4.64. The standard InChI is InChI=1S/C15H15F9O9S3/c16-13(17,18)34(28,29)4-1-7-10(25)8(2-5-35(30,31)14(19,20)21)12(27)9(11(7)26)3-6-36(32,33)15(22,23)24/h25-27H,1-6H2. The summed E-state index contributed by atoms with van der Waals surface area (Å²) in [6.45, 7) is 0. The summed E-state index contributed by atoms with van der Waals surface area (Å²) in [4.78, 5) is 0. The van der Waals surface area contributed by atoms with Gasteiger partial charge in [-0.3, -0.25) is 0 Å². The van der Waals surface area contributed by atoms with E-state index in [2.05, 4.69) is 0 Å². The SMILES string of the molecule is O=S(=O)(CCc1c(O)c(CCS(=O)(=O)C(F)(F)F)c(O)c(CCS(=O)(=O)C(F)(F)F)c1O)C(F)(F)F. The van der Waals surface area contributed by atoms with Crippen molar-refractivity contribution in [1.82, 2.24) is 0 Å². The summed E-state index contributed by atoms with van der Waals surface area (Å²) in [5, 5.41) is 30.5. The van der Waals surface area contributed by atoms with Gasteiger partial charge in [0.15, 0.2) is 0 Å². The monoisotopic (exact) mass is 606 g/mol. The van der Waals surface area contributed by atoms with Crippen LogP contribution in [0.25, 0.3) is 0 Å². The van der Waals surface area contributed by atoms with Crippen LogP contribution in [0.1, 0.15) is 16.7 Å². The van der Waals surface area contributed by atoms with Gasteiger partial charge in [0.25, 0.3) is 0 Å². The second kappa shape index (κ2) is 9.95. The second-order valence-corrected chi connectivity index (χ2v) is 13.3. The molecule has 0 heterocycles. The molecule has 0 unspecified atom stereocenters. The van der Waals surface area contributed by atoms with Crippen LogP contribution in [0.5, 0.6) is 17.2 Å². The number of halogens is 9. The highest BCUT2D eigenvalue weighted by molar-refractivity contribution is 7.92. The molecule has 0 fully saturated rings. The topological polar surface area (TPSA) is 163 Å². The van der Waals surface area contributed by atoms with E-state index < -0.39 is 116 Å². The molecule has 0 radical (unpaired) electrons. The van der Waals surface area contributed by atoms with Crippen LogP contribution in [0, 0.1) is 0 Å². The third kappa shape index (κ3) is 6.78. The Morgan fingerprint density at radius 1 is 0.444 bits per heavy atom. The maximum absolute atomic E-state index is 12.6. The molecule has 0 aliphatic carbocycles. The first-order valence-electron chi connectivity index (χ1n) is 8.91. The molecule has 1 rings (SSSR count). The van der Waals surface area contributed by atoms with Gasteiger partial charge in [-0.25, -0.2) is 25.3 Å². The minimum atomic E-state index is -5.95. The van der Waals surface area contributed by atoms with Crippen molar-refractivity contribution in [2.24, 2.45) is 0 Å². The van der Waals surface area contributed by atoms with Crippen molar-refractivity contribution in [3.63, 3.8) is 0 Å². The van der Waals surface area contributed by atoms with E-state index in [4.69, 9.17) is 0 Å². The van der Waals surface area contributed by atoms with Crippen LogP contribution in [0.2, 0.25) is 0 Å². The molecule has 0 amide bonds. The molecule has 9 nitrogen and oxygen atoms in total. The summed E-state index contributed by atoms with van der Waals surface area (Å²) in [5.74, 6) is -10.4. The highest BCUT2D eigenvalue weighted by atomic mass is 32.2. The Bertz CT molecular complexity index is 1130. The highest BCUT2D eigenvalue weighted by Gasteiger charge is 2.47. The van der Waals surface area contributed by atoms with E-state index in [1.165, 1.54) is 0 Å². The summed E-state index contributed by atoms with van der Waals surface area (Å²) in [6, 6.07) is 0. The lowest BCUT2D eigenvalue weighted by Crippen LogP contribution is -2.28. The fourth-order valence-electron chi connectivity index (χ4n) is 2.65. The summed E-state index contributed by atoms with van der Waals surface area (Å²) < 4.78 is 181. The van der Waals surface area contributed by atoms with Crippen molar-refractivity contribution >= 4 is 29.5 Å². The third-order valence-corrected chi connectivity index (χ3v) is 8.98. The molecule has 0 saturated carbocycles. The van der Waals surface area contributed by atoms with E-state index >= 15 is 0 Å². The van der Waals surface area contributed by atoms with Crippen molar-refractivity contribution in [2.75, 3.05) is 17.3 Å². The van der Waals surface area contributed by atoms with Gasteiger partial charge in [0.05, 0.1) is 17.3 Å². The lowest BCUT2D eigenvalue weighted by molar-refractivity contribution is -0.0441. The molecule has 36 heavy (non-hydrogen) atoms. The number of hydrogen-bond acceptors (Lipinski definition) is 9. The van der Waals surface area contributed by atoms with Crippen LogP contribution in [0.15, 0.2) is 0 Å². The molecule has 0 aliphatic heterocycles. The maximum Gasteiger partial charge on any atom is 0.497 e. The number of aromatic hydroxyl groups is 3. The van der Waals surface area contributed by atoms with E-state index in [9.17, 15) is 80.1 Å². The van der Waals surface area contributed by atoms with Gasteiger partial charge in [-0.15, -0.1) is 0 Å². The van der Waals surface area contributed by atoms with Crippen LogP contribution in [0.4, 0.5) is 39.5 Å². The van der Waals surface area contributed by atoms with Gasteiger partial charge < -0.3 is 15.3 Å². The van der Waals surface area contributed by atoms with E-state index in [0.29, 0.717) is 0 Å². The van der Waals surface area contributed by atoms with Gasteiger partial charge in [-0.2, -0.15) is 39.5 Å². The maximum atomic E-state index is 12.6. The molecule has 1 aromatic carbocycles. The van der Waals surface area contributed by atoms with E-state index in [1.807, 2.05) is 0 Å². The Labute approximate surface area is 196 Å². The molecule has 0 saturated heterocycles. The van der Waals surface area contributed by atoms with Gasteiger partial charge in [-0.05, 0) is 19.3 Å². The molecule has 0 spiro atoms. The number of rotatable bonds is 9. The van der Waals surface area contributed by atoms with Crippen LogP contribution in [-0.4, -0.2) is 74.4 Å². The zero-order valence-electron chi connectivity index (χ0n) is 17.2. The zero-order chi connectivity index (χ0) is 28.7.